The van der Waals surface area contributed by atoms with Gasteiger partial charge in [-0.1, -0.05) is 28.9 Å². The van der Waals surface area contributed by atoms with E-state index in [1.165, 1.54) is 0 Å². The lowest BCUT2D eigenvalue weighted by atomic mass is 10.1. The Kier molecular flexibility index (Phi) is 2.67. The fraction of sp³-hybridized carbons (Fsp3) is 0. The Morgan fingerprint density at radius 3 is 2.92 bits per heavy atom. The van der Waals surface area contributed by atoms with E-state index in [0.29, 0.717) is 11.1 Å². The maximum Gasteiger partial charge on any atom is 0.175 e. The summed E-state index contributed by atoms with van der Waals surface area (Å²) in [6, 6.07) is 8.46. The topological polar surface area (TPSA) is 56.4 Å². The van der Waals surface area contributed by atoms with E-state index in [4.69, 9.17) is 22.1 Å². The van der Waals surface area contributed by atoms with E-state index in [1.54, 1.807) is 24.3 Å². The largest absolute Gasteiger partial charge is 0.410 e. The Bertz CT molecular complexity index is 354. The first kappa shape index (κ1) is 8.57. The van der Waals surface area contributed by atoms with Crippen molar-refractivity contribution in [2.45, 2.75) is 0 Å². The zero-order valence-corrected chi connectivity index (χ0v) is 6.78. The fourth-order valence-electron chi connectivity index (χ4n) is 0.775. The third-order valence-electron chi connectivity index (χ3n) is 1.32. The van der Waals surface area contributed by atoms with E-state index >= 15 is 0 Å². The molecule has 3 nitrogen and oxygen atoms in total. The number of nitriles is 1. The van der Waals surface area contributed by atoms with Crippen molar-refractivity contribution in [3.63, 3.8) is 0 Å². The van der Waals surface area contributed by atoms with E-state index < -0.39 is 0 Å². The van der Waals surface area contributed by atoms with Gasteiger partial charge in [0.2, 0.25) is 0 Å². The molecular weight excluding hydrogens is 176 g/mol. The number of nitrogens with zero attached hydrogens (tertiary/aromatic N) is 2. The van der Waals surface area contributed by atoms with Crippen LogP contribution in [0.3, 0.4) is 0 Å². The molecule has 1 N–H and O–H groups in total. The molecule has 0 unspecified atom stereocenters. The molecule has 1 aromatic carbocycles. The highest BCUT2D eigenvalue weighted by Crippen LogP contribution is 2.07. The van der Waals surface area contributed by atoms with Gasteiger partial charge in [-0.2, -0.15) is 5.26 Å². The minimum Gasteiger partial charge on any atom is -0.410 e. The molecule has 0 aromatic heterocycles. The van der Waals surface area contributed by atoms with E-state index in [0.717, 1.165) is 0 Å². The van der Waals surface area contributed by atoms with Crippen LogP contribution in [0, 0.1) is 11.3 Å². The Labute approximate surface area is 74.5 Å². The molecule has 0 aliphatic rings. The summed E-state index contributed by atoms with van der Waals surface area (Å²) in [7, 11) is 0. The summed E-state index contributed by atoms with van der Waals surface area (Å²) >= 11 is 5.51. The summed E-state index contributed by atoms with van der Waals surface area (Å²) in [5, 5.41) is 19.6. The third kappa shape index (κ3) is 1.74. The normalized spacial score (nSPS) is 10.8. The predicted molar refractivity (Wildman–Crippen MR) is 45.3 cm³/mol. The van der Waals surface area contributed by atoms with Crippen LogP contribution in [0.4, 0.5) is 0 Å². The second kappa shape index (κ2) is 3.74. The first-order valence-corrected chi connectivity index (χ1v) is 3.54. The highest BCUT2D eigenvalue weighted by Gasteiger charge is 2.00. The van der Waals surface area contributed by atoms with Crippen LogP contribution in [0.15, 0.2) is 29.4 Å². The van der Waals surface area contributed by atoms with Gasteiger partial charge in [-0.15, -0.1) is 0 Å². The lowest BCUT2D eigenvalue weighted by Crippen LogP contribution is -1.90. The highest BCUT2D eigenvalue weighted by molar-refractivity contribution is 6.69. The van der Waals surface area contributed by atoms with Crippen molar-refractivity contribution in [1.29, 1.82) is 5.26 Å². The number of benzene rings is 1. The molecule has 0 saturated carbocycles. The van der Waals surface area contributed by atoms with E-state index in [9.17, 15) is 0 Å². The Morgan fingerprint density at radius 1 is 1.58 bits per heavy atom. The molecule has 0 fully saturated rings. The molecule has 12 heavy (non-hydrogen) atoms. The maximum atomic E-state index is 8.52. The molecule has 0 amide bonds. The van der Waals surface area contributed by atoms with Gasteiger partial charge in [0, 0.05) is 5.56 Å². The minimum atomic E-state index is -0.0212. The summed E-state index contributed by atoms with van der Waals surface area (Å²) in [6.45, 7) is 0. The van der Waals surface area contributed by atoms with Crippen LogP contribution in [0.1, 0.15) is 11.1 Å². The van der Waals surface area contributed by atoms with Gasteiger partial charge < -0.3 is 5.21 Å². The molecule has 0 aliphatic carbocycles. The molecule has 0 heterocycles. The molecule has 0 atom stereocenters. The number of hydrogen-bond acceptors (Lipinski definition) is 3. The van der Waals surface area contributed by atoms with Crippen LogP contribution in [0.2, 0.25) is 0 Å². The molecule has 1 rings (SSSR count). The van der Waals surface area contributed by atoms with Gasteiger partial charge in [0.15, 0.2) is 5.17 Å². The van der Waals surface area contributed by atoms with Crippen LogP contribution >= 0.6 is 11.6 Å². The monoisotopic (exact) mass is 180 g/mol. The van der Waals surface area contributed by atoms with Crippen molar-refractivity contribution in [2.24, 2.45) is 5.16 Å². The molecule has 4 heteroatoms. The molecule has 60 valence electrons. The van der Waals surface area contributed by atoms with Crippen molar-refractivity contribution in [2.75, 3.05) is 0 Å². The number of oxime groups is 1. The zero-order chi connectivity index (χ0) is 8.97. The average Bonchev–Trinajstić information content (AvgIpc) is 2.17. The maximum absolute atomic E-state index is 8.52. The van der Waals surface area contributed by atoms with E-state index in [2.05, 4.69) is 5.16 Å². The minimum absolute atomic E-state index is 0.0212. The van der Waals surface area contributed by atoms with Crippen LogP contribution in [-0.2, 0) is 0 Å². The van der Waals surface area contributed by atoms with Gasteiger partial charge in [-0.25, -0.2) is 0 Å². The number of rotatable bonds is 1. The first-order valence-electron chi connectivity index (χ1n) is 3.16. The predicted octanol–water partition coefficient (Wildman–Crippen LogP) is 1.93. The summed E-state index contributed by atoms with van der Waals surface area (Å²) in [5.74, 6) is 0. The lowest BCUT2D eigenvalue weighted by molar-refractivity contribution is 0.321. The van der Waals surface area contributed by atoms with Crippen LogP contribution in [0.5, 0.6) is 0 Å². The van der Waals surface area contributed by atoms with Crippen molar-refractivity contribution >= 4 is 16.8 Å². The van der Waals surface area contributed by atoms with Gasteiger partial charge in [0.05, 0.1) is 11.6 Å². The Balaban J connectivity index is 3.12. The summed E-state index contributed by atoms with van der Waals surface area (Å²) in [6.07, 6.45) is 0. The molecule has 0 aliphatic heterocycles. The van der Waals surface area contributed by atoms with Crippen molar-refractivity contribution in [3.8, 4) is 6.07 Å². The SMILES string of the molecule is N#Cc1cccc(/C(Cl)=N\O)c1. The third-order valence-corrected chi connectivity index (χ3v) is 1.61. The smallest absolute Gasteiger partial charge is 0.175 e. The Morgan fingerprint density at radius 2 is 2.33 bits per heavy atom. The quantitative estimate of drug-likeness (QED) is 0.408. The molecule has 0 spiro atoms. The molecule has 0 saturated heterocycles. The zero-order valence-electron chi connectivity index (χ0n) is 6.03. The first-order chi connectivity index (χ1) is 5.77. The molecule has 1 aromatic rings. The van der Waals surface area contributed by atoms with Crippen molar-refractivity contribution in [3.05, 3.63) is 35.4 Å². The van der Waals surface area contributed by atoms with E-state index in [1.807, 2.05) is 6.07 Å². The summed E-state index contributed by atoms with van der Waals surface area (Å²) in [4.78, 5) is 0. The van der Waals surface area contributed by atoms with Gasteiger partial charge in [0.1, 0.15) is 0 Å². The standard InChI is InChI=1S/C8H5ClN2O/c9-8(11-12)7-3-1-2-6(4-7)5-10/h1-4,12H/b11-8+. The molecular formula is C8H5ClN2O. The second-order valence-electron chi connectivity index (χ2n) is 2.08. The number of halogens is 1. The van der Waals surface area contributed by atoms with Crippen molar-refractivity contribution < 1.29 is 5.21 Å². The van der Waals surface area contributed by atoms with Crippen LogP contribution < -0.4 is 0 Å². The average molecular weight is 181 g/mol. The second-order valence-corrected chi connectivity index (χ2v) is 2.44. The number of hydrogen-bond donors (Lipinski definition) is 1. The fourth-order valence-corrected chi connectivity index (χ4v) is 0.892. The van der Waals surface area contributed by atoms with Gasteiger partial charge in [0.25, 0.3) is 0 Å². The van der Waals surface area contributed by atoms with Crippen molar-refractivity contribution in [1.82, 2.24) is 0 Å². The lowest BCUT2D eigenvalue weighted by Gasteiger charge is -1.95. The van der Waals surface area contributed by atoms with Gasteiger partial charge in [-0.3, -0.25) is 0 Å². The van der Waals surface area contributed by atoms with E-state index in [-0.39, 0.29) is 5.17 Å². The highest BCUT2D eigenvalue weighted by atomic mass is 35.5. The van der Waals surface area contributed by atoms with Gasteiger partial charge in [-0.05, 0) is 12.1 Å². The summed E-state index contributed by atoms with van der Waals surface area (Å²) < 4.78 is 0. The Hall–Kier alpha value is -1.53. The van der Waals surface area contributed by atoms with Crippen LogP contribution in [0.25, 0.3) is 0 Å². The van der Waals surface area contributed by atoms with Crippen LogP contribution in [-0.4, -0.2) is 10.4 Å². The molecule has 0 bridgehead atoms. The molecule has 0 radical (unpaired) electrons. The summed E-state index contributed by atoms with van der Waals surface area (Å²) in [5.41, 5.74) is 1.01. The van der Waals surface area contributed by atoms with Gasteiger partial charge >= 0.3 is 0 Å².